The fourth-order valence-electron chi connectivity index (χ4n) is 10.5. The molecule has 65 heavy (non-hydrogen) atoms. The van der Waals surface area contributed by atoms with Crippen LogP contribution in [0.4, 0.5) is 5.82 Å². The Morgan fingerprint density at radius 1 is 0.938 bits per heavy atom. The minimum Gasteiger partial charge on any atom is -0.504 e. The number of ether oxygens (including phenoxy) is 2. The van der Waals surface area contributed by atoms with Crippen molar-refractivity contribution in [2.45, 2.75) is 165 Å². The molecule has 2 aliphatic carbocycles. The molecular formula is C51H72N6O6S2. The van der Waals surface area contributed by atoms with Gasteiger partial charge in [0.15, 0.2) is 17.5 Å². The van der Waals surface area contributed by atoms with Crippen LogP contribution in [0.2, 0.25) is 0 Å². The largest absolute Gasteiger partial charge is 0.504 e. The standard InChI is InChI=1S/C51H72N6O6S2/c1-36(58)62-44-20-19-39-27-41(48(61)45(28-39)63-43-15-7-8-16-43)33-57-35-50(32-47(57)60,31-40-21-25-54-46(52)29-40)24-26-55-49(53)56-51(22-9-10-23-51)65-64-34-38(13-5-6-14-42(59)30-44)18-17-37-11-3-2-4-12-37/h2-4,11-12,21,25,27-29,38,42-44,59,61H,5-10,13-20,22-24,26,30-35H2,1H3,(H2,52,54)(H3,53,55,56). The number of aliphatic hydroxyl groups excluding tert-OH is 1. The Kier molecular flexibility index (Phi) is 17.7. The number of nitrogens with zero attached hydrogens (tertiary/aromatic N) is 3. The first-order valence-corrected chi connectivity index (χ1v) is 26.5. The fraction of sp³-hybridized carbons (Fsp3) is 0.608. The number of nitrogen functional groups attached to an aromatic ring is 1. The van der Waals surface area contributed by atoms with Crippen LogP contribution in [0.5, 0.6) is 11.5 Å². The van der Waals surface area contributed by atoms with E-state index >= 15 is 0 Å². The summed E-state index contributed by atoms with van der Waals surface area (Å²) in [5.41, 5.74) is 16.3. The lowest BCUT2D eigenvalue weighted by molar-refractivity contribution is -0.148. The average Bonchev–Trinajstić information content (AvgIpc) is 4.03. The van der Waals surface area contributed by atoms with Crippen molar-refractivity contribution < 1.29 is 29.3 Å². The third-order valence-corrected chi connectivity index (χ3v) is 17.2. The van der Waals surface area contributed by atoms with Crippen molar-refractivity contribution in [2.75, 3.05) is 24.6 Å². The number of rotatable bonds is 8. The predicted molar refractivity (Wildman–Crippen MR) is 263 cm³/mol. The summed E-state index contributed by atoms with van der Waals surface area (Å²) in [6.07, 6.45) is 17.6. The second-order valence-corrected chi connectivity index (χ2v) is 22.1. The number of carbonyl (C=O) groups is 2. The van der Waals surface area contributed by atoms with E-state index in [-0.39, 0.29) is 35.1 Å². The number of nitrogens with two attached hydrogens (primary N) is 2. The number of guanidine groups is 1. The number of aryl methyl sites for hydroxylation is 2. The van der Waals surface area contributed by atoms with Crippen molar-refractivity contribution in [2.24, 2.45) is 22.1 Å². The monoisotopic (exact) mass is 928 g/mol. The number of benzene rings is 2. The summed E-state index contributed by atoms with van der Waals surface area (Å²) in [4.78, 5) is 37.3. The Morgan fingerprint density at radius 3 is 2.48 bits per heavy atom. The molecule has 2 saturated carbocycles. The molecule has 4 unspecified atom stereocenters. The fourth-order valence-corrected chi connectivity index (χ4v) is 14.0. The van der Waals surface area contributed by atoms with Crippen LogP contribution in [-0.4, -0.2) is 80.0 Å². The predicted octanol–water partition coefficient (Wildman–Crippen LogP) is 9.04. The second kappa shape index (κ2) is 23.5. The molecule has 14 heteroatoms. The normalized spacial score (nSPS) is 25.5. The van der Waals surface area contributed by atoms with Crippen LogP contribution in [-0.2, 0) is 40.1 Å². The molecule has 1 spiro atoms. The Morgan fingerprint density at radius 2 is 1.71 bits per heavy atom. The van der Waals surface area contributed by atoms with E-state index in [0.29, 0.717) is 87.0 Å². The van der Waals surface area contributed by atoms with Gasteiger partial charge < -0.3 is 41.4 Å². The topological polar surface area (TPSA) is 186 Å². The molecule has 4 atom stereocenters. The SMILES string of the molecule is CC(=O)OC1CCc2cc(c(O)c(OC3CCCC3)c2)CN2CC(Cc3ccnc(N)c3)(CCN=C(N)NC3(CCCC3)SSCC(CCc3ccccc3)CCCCC(O)C1)CC2=O. The number of phenolic OH excluding ortho intramolecular Hbond substituents is 1. The van der Waals surface area contributed by atoms with Crippen LogP contribution >= 0.6 is 21.6 Å². The summed E-state index contributed by atoms with van der Waals surface area (Å²) in [5.74, 6) is 2.52. The van der Waals surface area contributed by atoms with Crippen molar-refractivity contribution in [1.82, 2.24) is 15.2 Å². The zero-order valence-corrected chi connectivity index (χ0v) is 40.0. The zero-order chi connectivity index (χ0) is 45.7. The third-order valence-electron chi connectivity index (χ3n) is 13.9. The number of fused-ring (bicyclic) bond motifs is 4. The summed E-state index contributed by atoms with van der Waals surface area (Å²) in [7, 11) is 3.85. The molecule has 7 rings (SSSR count). The molecule has 1 aromatic heterocycles. The number of aliphatic imine (C=N–C) groups is 1. The number of carbonyl (C=O) groups excluding carboxylic acids is 2. The minimum atomic E-state index is -0.604. The molecule has 4 bridgehead atoms. The molecule has 0 radical (unpaired) electrons. The van der Waals surface area contributed by atoms with Crippen LogP contribution in [0, 0.1) is 11.3 Å². The van der Waals surface area contributed by atoms with E-state index in [1.807, 2.05) is 50.8 Å². The summed E-state index contributed by atoms with van der Waals surface area (Å²) in [5, 5.41) is 26.8. The number of nitrogens with one attached hydrogen (secondary N) is 1. The van der Waals surface area contributed by atoms with Crippen molar-refractivity contribution in [3.8, 4) is 11.5 Å². The molecule has 1 amide bonds. The molecule has 2 aliphatic heterocycles. The summed E-state index contributed by atoms with van der Waals surface area (Å²) < 4.78 is 12.3. The van der Waals surface area contributed by atoms with Crippen molar-refractivity contribution in [3.05, 3.63) is 83.0 Å². The van der Waals surface area contributed by atoms with Crippen molar-refractivity contribution >= 4 is 45.2 Å². The third kappa shape index (κ3) is 14.7. The lowest BCUT2D eigenvalue weighted by Crippen LogP contribution is -2.47. The van der Waals surface area contributed by atoms with Gasteiger partial charge in [-0.3, -0.25) is 14.6 Å². The number of amides is 1. The van der Waals surface area contributed by atoms with E-state index < -0.39 is 17.6 Å². The van der Waals surface area contributed by atoms with Gasteiger partial charge in [0.2, 0.25) is 5.91 Å². The van der Waals surface area contributed by atoms with E-state index in [2.05, 4.69) is 40.6 Å². The number of aliphatic hydroxyl groups is 1. The van der Waals surface area contributed by atoms with Crippen LogP contribution in [0.3, 0.4) is 0 Å². The van der Waals surface area contributed by atoms with Gasteiger partial charge >= 0.3 is 5.97 Å². The first kappa shape index (κ1) is 48.8. The maximum absolute atomic E-state index is 14.1. The highest BCUT2D eigenvalue weighted by Gasteiger charge is 2.43. The lowest BCUT2D eigenvalue weighted by atomic mass is 9.78. The maximum atomic E-state index is 14.1. The number of anilines is 1. The van der Waals surface area contributed by atoms with Crippen LogP contribution in [0.15, 0.2) is 65.8 Å². The zero-order valence-electron chi connectivity index (χ0n) is 38.4. The van der Waals surface area contributed by atoms with Crippen molar-refractivity contribution in [1.29, 1.82) is 0 Å². The number of hydrogen-bond donors (Lipinski definition) is 5. The number of pyridine rings is 1. The molecular weight excluding hydrogens is 857 g/mol. The highest BCUT2D eigenvalue weighted by Crippen LogP contribution is 2.47. The van der Waals surface area contributed by atoms with Gasteiger partial charge in [0, 0.05) is 62.3 Å². The minimum absolute atomic E-state index is 0.00634. The number of phenols is 1. The molecule has 12 nitrogen and oxygen atoms in total. The molecule has 1 saturated heterocycles. The van der Waals surface area contributed by atoms with Gasteiger partial charge in [0.25, 0.3) is 0 Å². The molecule has 354 valence electrons. The lowest BCUT2D eigenvalue weighted by Gasteiger charge is -2.31. The Hall–Kier alpha value is -4.14. The highest BCUT2D eigenvalue weighted by molar-refractivity contribution is 8.77. The number of esters is 1. The van der Waals surface area contributed by atoms with Crippen LogP contribution < -0.4 is 21.5 Å². The number of aromatic hydroxyl groups is 1. The first-order chi connectivity index (χ1) is 31.4. The number of aromatic nitrogens is 1. The van der Waals surface area contributed by atoms with Crippen LogP contribution in [0.1, 0.15) is 138 Å². The number of hydrogen-bond acceptors (Lipinski definition) is 13. The maximum Gasteiger partial charge on any atom is 0.302 e. The molecule has 3 aromatic rings. The van der Waals surface area contributed by atoms with E-state index in [1.165, 1.54) is 12.5 Å². The van der Waals surface area contributed by atoms with Crippen molar-refractivity contribution in [3.63, 3.8) is 0 Å². The van der Waals surface area contributed by atoms with Gasteiger partial charge in [-0.1, -0.05) is 83.7 Å². The van der Waals surface area contributed by atoms with Gasteiger partial charge in [-0.2, -0.15) is 0 Å². The quantitative estimate of drug-likeness (QED) is 0.107. The Bertz CT molecular complexity index is 2050. The van der Waals surface area contributed by atoms with Gasteiger partial charge in [0.05, 0.1) is 17.1 Å². The molecule has 2 aromatic carbocycles. The average molecular weight is 929 g/mol. The first-order valence-electron chi connectivity index (χ1n) is 24.2. The van der Waals surface area contributed by atoms with Crippen LogP contribution in [0.25, 0.3) is 0 Å². The molecule has 7 N–H and O–H groups in total. The summed E-state index contributed by atoms with van der Waals surface area (Å²) in [6.45, 7) is 2.55. The molecule has 4 aliphatic rings. The van der Waals surface area contributed by atoms with E-state index in [0.717, 1.165) is 100 Å². The Labute approximate surface area is 394 Å². The smallest absolute Gasteiger partial charge is 0.302 e. The summed E-state index contributed by atoms with van der Waals surface area (Å²) in [6, 6.07) is 18.4. The summed E-state index contributed by atoms with van der Waals surface area (Å²) >= 11 is 0. The van der Waals surface area contributed by atoms with Gasteiger partial charge in [0.1, 0.15) is 11.9 Å². The van der Waals surface area contributed by atoms with E-state index in [1.54, 1.807) is 6.20 Å². The van der Waals surface area contributed by atoms with Gasteiger partial charge in [-0.25, -0.2) is 4.98 Å². The van der Waals surface area contributed by atoms with Gasteiger partial charge in [-0.05, 0) is 131 Å². The molecule has 3 heterocycles. The second-order valence-electron chi connectivity index (χ2n) is 19.4. The van der Waals surface area contributed by atoms with E-state index in [9.17, 15) is 19.8 Å². The Balaban J connectivity index is 1.16. The highest BCUT2D eigenvalue weighted by atomic mass is 33.1. The van der Waals surface area contributed by atoms with E-state index in [4.69, 9.17) is 25.9 Å². The van der Waals surface area contributed by atoms with Gasteiger partial charge in [-0.15, -0.1) is 0 Å². The molecule has 3 fully saturated rings.